The maximum atomic E-state index is 13.7. The number of nitrogens with zero attached hydrogens (tertiary/aromatic N) is 3. The number of benzene rings is 3. The number of carbonyl (C=O) groups is 2. The molecule has 0 saturated carbocycles. The normalized spacial score (nSPS) is 18.8. The van der Waals surface area contributed by atoms with Crippen LogP contribution < -0.4 is 14.4 Å². The highest BCUT2D eigenvalue weighted by Crippen LogP contribution is 2.45. The van der Waals surface area contributed by atoms with E-state index in [9.17, 15) is 14.7 Å². The number of unbranched alkanes of at least 4 members (excludes halogenated alkanes) is 1. The molecule has 44 heavy (non-hydrogen) atoms. The van der Waals surface area contributed by atoms with Crippen LogP contribution in [-0.4, -0.2) is 39.7 Å². The molecular weight excluding hydrogens is 595 g/mol. The van der Waals surface area contributed by atoms with Crippen molar-refractivity contribution in [2.24, 2.45) is 0 Å². The lowest BCUT2D eigenvalue weighted by Crippen LogP contribution is -2.29. The summed E-state index contributed by atoms with van der Waals surface area (Å²) in [4.78, 5) is 28.7. The van der Waals surface area contributed by atoms with Gasteiger partial charge in [-0.25, -0.2) is 0 Å². The van der Waals surface area contributed by atoms with Crippen molar-refractivity contribution in [2.75, 3.05) is 11.5 Å². The lowest BCUT2D eigenvalue weighted by molar-refractivity contribution is -0.132. The quantitative estimate of drug-likeness (QED) is 0.0489. The van der Waals surface area contributed by atoms with Gasteiger partial charge in [0.15, 0.2) is 4.34 Å². The first-order chi connectivity index (χ1) is 21.3. The molecule has 1 N–H and O–H groups in total. The van der Waals surface area contributed by atoms with Gasteiger partial charge in [-0.1, -0.05) is 78.4 Å². The van der Waals surface area contributed by atoms with E-state index in [-0.39, 0.29) is 22.6 Å². The minimum absolute atomic E-state index is 0.00307. The molecule has 0 bridgehead atoms. The summed E-state index contributed by atoms with van der Waals surface area (Å²) in [6.45, 7) is 6.67. The number of aryl methyl sites for hydroxylation is 1. The molecule has 2 aliphatic heterocycles. The van der Waals surface area contributed by atoms with Gasteiger partial charge in [0, 0.05) is 17.7 Å². The zero-order valence-corrected chi connectivity index (χ0v) is 26.4. The van der Waals surface area contributed by atoms with E-state index in [0.717, 1.165) is 29.7 Å². The molecule has 1 amide bonds. The Labute approximate surface area is 264 Å². The number of hydrogen-bond donors (Lipinski definition) is 1. The zero-order chi connectivity index (χ0) is 30.8. The van der Waals surface area contributed by atoms with Gasteiger partial charge in [0.05, 0.1) is 18.2 Å². The molecule has 1 saturated heterocycles. The molecule has 1 aromatic heterocycles. The Morgan fingerprint density at radius 2 is 1.93 bits per heavy atom. The number of aliphatic hydroxyl groups excluding tert-OH is 1. The average Bonchev–Trinajstić information content (AvgIpc) is 3.71. The van der Waals surface area contributed by atoms with Crippen LogP contribution in [0.4, 0.5) is 5.13 Å². The molecule has 3 heterocycles. The van der Waals surface area contributed by atoms with E-state index in [4.69, 9.17) is 9.47 Å². The van der Waals surface area contributed by atoms with Gasteiger partial charge < -0.3 is 14.6 Å². The number of rotatable bonds is 10. The molecule has 0 radical (unpaired) electrons. The highest BCUT2D eigenvalue weighted by atomic mass is 32.2. The Hall–Kier alpha value is -4.15. The van der Waals surface area contributed by atoms with Gasteiger partial charge in [0.25, 0.3) is 5.78 Å². The van der Waals surface area contributed by atoms with Crippen LogP contribution in [-0.2, 0) is 21.8 Å². The van der Waals surface area contributed by atoms with Crippen molar-refractivity contribution >= 4 is 45.7 Å². The van der Waals surface area contributed by atoms with Gasteiger partial charge in [-0.05, 0) is 67.3 Å². The van der Waals surface area contributed by atoms with Gasteiger partial charge in [-0.3, -0.25) is 14.5 Å². The number of anilines is 1. The summed E-state index contributed by atoms with van der Waals surface area (Å²) in [5, 5.41) is 20.6. The number of hydrogen-bond acceptors (Lipinski definition) is 9. The lowest BCUT2D eigenvalue weighted by atomic mass is 9.94. The van der Waals surface area contributed by atoms with Crippen LogP contribution in [0.5, 0.6) is 11.5 Å². The van der Waals surface area contributed by atoms with Crippen LogP contribution in [0.3, 0.4) is 0 Å². The molecule has 10 heteroatoms. The van der Waals surface area contributed by atoms with Crippen LogP contribution in [0.25, 0.3) is 5.76 Å². The second-order valence-electron chi connectivity index (χ2n) is 11.0. The summed E-state index contributed by atoms with van der Waals surface area (Å²) < 4.78 is 12.5. The summed E-state index contributed by atoms with van der Waals surface area (Å²) in [7, 11) is 0. The summed E-state index contributed by atoms with van der Waals surface area (Å²) in [6.07, 6.45) is 2.61. The molecule has 4 aromatic rings. The Bertz CT molecular complexity index is 1730. The molecule has 2 unspecified atom stereocenters. The third-order valence-corrected chi connectivity index (χ3v) is 9.77. The Morgan fingerprint density at radius 1 is 1.11 bits per heavy atom. The average molecular weight is 628 g/mol. The molecule has 226 valence electrons. The van der Waals surface area contributed by atoms with Crippen molar-refractivity contribution in [3.8, 4) is 11.5 Å². The summed E-state index contributed by atoms with van der Waals surface area (Å²) in [6, 6.07) is 20.0. The number of aliphatic hydroxyl groups is 1. The fourth-order valence-electron chi connectivity index (χ4n) is 5.37. The Kier molecular flexibility index (Phi) is 8.72. The fraction of sp³-hybridized carbons (Fsp3) is 0.294. The zero-order valence-electron chi connectivity index (χ0n) is 24.8. The molecule has 0 aliphatic carbocycles. The van der Waals surface area contributed by atoms with E-state index in [0.29, 0.717) is 40.0 Å². The Balaban J connectivity index is 1.38. The smallest absolute Gasteiger partial charge is 0.301 e. The minimum atomic E-state index is -0.920. The standard InChI is InChI=1S/C34H33N3O5S2/c1-4-5-15-41-26-8-6-7-23(18-26)29-28(30(38)24-13-14-27-25(17-24)16-21(3)42-27)31(39)32(40)37(29)33-35-36-34(44-33)43-19-22-11-9-20(2)10-12-22/h6-14,17-18,21,29,38H,4-5,15-16,19H2,1-3H3/b30-28-. The SMILES string of the molecule is CCCCOc1cccc(C2/C(=C(/O)c3ccc4c(c3)CC(C)O4)C(=O)C(=O)N2c2nnc(SCc3ccc(C)cc3)s2)c1. The predicted octanol–water partition coefficient (Wildman–Crippen LogP) is 7.27. The van der Waals surface area contributed by atoms with Crippen molar-refractivity contribution < 1.29 is 24.2 Å². The van der Waals surface area contributed by atoms with Gasteiger partial charge in [-0.15, -0.1) is 10.2 Å². The molecular formula is C34H33N3O5S2. The predicted molar refractivity (Wildman–Crippen MR) is 173 cm³/mol. The molecule has 6 rings (SSSR count). The first-order valence-corrected chi connectivity index (χ1v) is 16.5. The van der Waals surface area contributed by atoms with Gasteiger partial charge in [0.1, 0.15) is 23.4 Å². The van der Waals surface area contributed by atoms with Crippen LogP contribution >= 0.6 is 23.1 Å². The number of aromatic nitrogens is 2. The van der Waals surface area contributed by atoms with Gasteiger partial charge >= 0.3 is 5.91 Å². The van der Waals surface area contributed by atoms with E-state index in [2.05, 4.69) is 41.4 Å². The first-order valence-electron chi connectivity index (χ1n) is 14.7. The number of thioether (sulfide) groups is 1. The second kappa shape index (κ2) is 12.8. The van der Waals surface area contributed by atoms with E-state index in [1.807, 2.05) is 44.2 Å². The topological polar surface area (TPSA) is 102 Å². The number of ketones is 1. The highest BCUT2D eigenvalue weighted by Gasteiger charge is 2.48. The highest BCUT2D eigenvalue weighted by molar-refractivity contribution is 8.00. The van der Waals surface area contributed by atoms with Crippen molar-refractivity contribution in [3.05, 3.63) is 100 Å². The lowest BCUT2D eigenvalue weighted by Gasteiger charge is -2.23. The van der Waals surface area contributed by atoms with Crippen LogP contribution in [0.1, 0.15) is 60.5 Å². The first kappa shape index (κ1) is 29.9. The van der Waals surface area contributed by atoms with E-state index in [1.54, 1.807) is 12.1 Å². The maximum absolute atomic E-state index is 13.7. The third kappa shape index (κ3) is 6.09. The minimum Gasteiger partial charge on any atom is -0.507 e. The molecule has 8 nitrogen and oxygen atoms in total. The third-order valence-electron chi connectivity index (χ3n) is 7.64. The molecule has 3 aromatic carbocycles. The monoisotopic (exact) mass is 627 g/mol. The van der Waals surface area contributed by atoms with Crippen molar-refractivity contribution in [1.82, 2.24) is 10.2 Å². The molecule has 2 aliphatic rings. The number of Topliss-reactive ketones (excluding diaryl/α,β-unsaturated/α-hetero) is 1. The summed E-state index contributed by atoms with van der Waals surface area (Å²) in [5.74, 6) is 0.282. The fourth-order valence-corrected chi connectivity index (χ4v) is 7.19. The van der Waals surface area contributed by atoms with Crippen molar-refractivity contribution in [2.45, 2.75) is 62.3 Å². The van der Waals surface area contributed by atoms with Crippen LogP contribution in [0, 0.1) is 6.92 Å². The molecule has 2 atom stereocenters. The van der Waals surface area contributed by atoms with Crippen molar-refractivity contribution in [3.63, 3.8) is 0 Å². The van der Waals surface area contributed by atoms with Crippen LogP contribution in [0.2, 0.25) is 0 Å². The van der Waals surface area contributed by atoms with E-state index >= 15 is 0 Å². The van der Waals surface area contributed by atoms with Crippen LogP contribution in [0.15, 0.2) is 76.6 Å². The number of carbonyl (C=O) groups excluding carboxylic acids is 2. The van der Waals surface area contributed by atoms with Crippen molar-refractivity contribution in [1.29, 1.82) is 0 Å². The van der Waals surface area contributed by atoms with E-state index < -0.39 is 17.7 Å². The number of fused-ring (bicyclic) bond motifs is 1. The largest absolute Gasteiger partial charge is 0.507 e. The molecule has 1 fully saturated rings. The number of amides is 1. The maximum Gasteiger partial charge on any atom is 0.301 e. The number of ether oxygens (including phenoxy) is 2. The summed E-state index contributed by atoms with van der Waals surface area (Å²) in [5.41, 5.74) is 4.35. The van der Waals surface area contributed by atoms with Gasteiger partial charge in [0.2, 0.25) is 5.13 Å². The Morgan fingerprint density at radius 3 is 2.73 bits per heavy atom. The second-order valence-corrected chi connectivity index (χ2v) is 13.2. The van der Waals surface area contributed by atoms with E-state index in [1.165, 1.54) is 33.6 Å². The van der Waals surface area contributed by atoms with Gasteiger partial charge in [-0.2, -0.15) is 0 Å². The summed E-state index contributed by atoms with van der Waals surface area (Å²) >= 11 is 2.76. The molecule has 0 spiro atoms.